The van der Waals surface area contributed by atoms with Crippen LogP contribution < -0.4 is 5.32 Å². The molecule has 0 saturated heterocycles. The summed E-state index contributed by atoms with van der Waals surface area (Å²) in [5.74, 6) is 0.0866. The van der Waals surface area contributed by atoms with E-state index in [1.807, 2.05) is 24.3 Å². The monoisotopic (exact) mass is 288 g/mol. The van der Waals surface area contributed by atoms with Crippen LogP contribution in [0.2, 0.25) is 0 Å². The number of pyridine rings is 1. The van der Waals surface area contributed by atoms with Crippen molar-refractivity contribution in [3.05, 3.63) is 52.8 Å². The lowest BCUT2D eigenvalue weighted by atomic mass is 10.1. The van der Waals surface area contributed by atoms with Crippen LogP contribution in [0.1, 0.15) is 35.4 Å². The summed E-state index contributed by atoms with van der Waals surface area (Å²) >= 11 is 0. The number of rotatable bonds is 5. The highest BCUT2D eigenvalue weighted by Crippen LogP contribution is 2.27. The molecule has 2 aromatic rings. The van der Waals surface area contributed by atoms with Crippen molar-refractivity contribution >= 4 is 5.69 Å². The van der Waals surface area contributed by atoms with Gasteiger partial charge in [0.1, 0.15) is 5.75 Å². The third kappa shape index (κ3) is 3.32. The van der Waals surface area contributed by atoms with Gasteiger partial charge < -0.3 is 20.6 Å². The summed E-state index contributed by atoms with van der Waals surface area (Å²) in [4.78, 5) is 4.03. The molecular formula is C16H20N2O3. The van der Waals surface area contributed by atoms with Gasteiger partial charge in [0.25, 0.3) is 0 Å². The van der Waals surface area contributed by atoms with Crippen LogP contribution in [-0.2, 0) is 13.2 Å². The third-order valence-electron chi connectivity index (χ3n) is 3.47. The highest BCUT2D eigenvalue weighted by Gasteiger charge is 2.12. The van der Waals surface area contributed by atoms with E-state index in [0.717, 1.165) is 11.3 Å². The standard InChI is InChI=1S/C16H20N2O3/c1-10-16(21)14(12(9-19)7-17-10)8-18-15-6-4-3-5-13(15)11(2)20/h3-7,11,18-21H,8-9H2,1-2H3. The topological polar surface area (TPSA) is 85.6 Å². The molecule has 0 aliphatic heterocycles. The van der Waals surface area contributed by atoms with Crippen molar-refractivity contribution in [2.75, 3.05) is 5.32 Å². The van der Waals surface area contributed by atoms with E-state index in [-0.39, 0.29) is 12.4 Å². The molecule has 0 radical (unpaired) electrons. The summed E-state index contributed by atoms with van der Waals surface area (Å²) in [7, 11) is 0. The molecule has 0 aliphatic rings. The molecule has 1 aromatic heterocycles. The Balaban J connectivity index is 2.27. The van der Waals surface area contributed by atoms with E-state index >= 15 is 0 Å². The Bertz CT molecular complexity index is 627. The van der Waals surface area contributed by atoms with E-state index in [2.05, 4.69) is 10.3 Å². The molecule has 112 valence electrons. The average molecular weight is 288 g/mol. The van der Waals surface area contributed by atoms with E-state index < -0.39 is 6.10 Å². The van der Waals surface area contributed by atoms with Gasteiger partial charge in [0, 0.05) is 35.1 Å². The quantitative estimate of drug-likeness (QED) is 0.678. The summed E-state index contributed by atoms with van der Waals surface area (Å²) in [6.07, 6.45) is 0.978. The molecule has 1 unspecified atom stereocenters. The van der Waals surface area contributed by atoms with Crippen molar-refractivity contribution in [1.29, 1.82) is 0 Å². The van der Waals surface area contributed by atoms with Crippen LogP contribution in [0, 0.1) is 6.92 Å². The number of aromatic nitrogens is 1. The first-order chi connectivity index (χ1) is 10.0. The first-order valence-electron chi connectivity index (χ1n) is 6.82. The molecule has 0 aliphatic carbocycles. The van der Waals surface area contributed by atoms with Gasteiger partial charge in [-0.15, -0.1) is 0 Å². The second-order valence-corrected chi connectivity index (χ2v) is 4.97. The number of hydrogen-bond donors (Lipinski definition) is 4. The van der Waals surface area contributed by atoms with Gasteiger partial charge in [-0.1, -0.05) is 18.2 Å². The molecule has 0 saturated carbocycles. The number of benzene rings is 1. The van der Waals surface area contributed by atoms with Gasteiger partial charge in [-0.2, -0.15) is 0 Å². The van der Waals surface area contributed by atoms with Crippen molar-refractivity contribution in [3.8, 4) is 5.75 Å². The zero-order chi connectivity index (χ0) is 15.4. The summed E-state index contributed by atoms with van der Waals surface area (Å²) in [6, 6.07) is 7.45. The van der Waals surface area contributed by atoms with Crippen molar-refractivity contribution in [2.24, 2.45) is 0 Å². The maximum Gasteiger partial charge on any atom is 0.142 e. The highest BCUT2D eigenvalue weighted by atomic mass is 16.3. The van der Waals surface area contributed by atoms with Gasteiger partial charge in [-0.3, -0.25) is 4.98 Å². The Morgan fingerprint density at radius 3 is 2.67 bits per heavy atom. The fourth-order valence-electron chi connectivity index (χ4n) is 2.22. The van der Waals surface area contributed by atoms with Gasteiger partial charge >= 0.3 is 0 Å². The zero-order valence-electron chi connectivity index (χ0n) is 12.2. The Morgan fingerprint density at radius 2 is 2.00 bits per heavy atom. The van der Waals surface area contributed by atoms with Gasteiger partial charge in [0.05, 0.1) is 18.4 Å². The van der Waals surface area contributed by atoms with Crippen LogP contribution in [0.3, 0.4) is 0 Å². The molecule has 21 heavy (non-hydrogen) atoms. The zero-order valence-corrected chi connectivity index (χ0v) is 12.2. The maximum atomic E-state index is 10.1. The van der Waals surface area contributed by atoms with E-state index in [4.69, 9.17) is 0 Å². The normalized spacial score (nSPS) is 12.2. The third-order valence-corrected chi connectivity index (χ3v) is 3.47. The minimum atomic E-state index is -0.584. The molecular weight excluding hydrogens is 268 g/mol. The van der Waals surface area contributed by atoms with Gasteiger partial charge in [-0.05, 0) is 19.9 Å². The second kappa shape index (κ2) is 6.56. The van der Waals surface area contributed by atoms with E-state index in [1.54, 1.807) is 20.0 Å². The van der Waals surface area contributed by atoms with Crippen LogP contribution in [0.5, 0.6) is 5.75 Å². The fraction of sp³-hybridized carbons (Fsp3) is 0.312. The lowest BCUT2D eigenvalue weighted by Gasteiger charge is -2.16. The maximum absolute atomic E-state index is 10.1. The molecule has 4 N–H and O–H groups in total. The Labute approximate surface area is 123 Å². The van der Waals surface area contributed by atoms with Crippen molar-refractivity contribution in [1.82, 2.24) is 4.98 Å². The van der Waals surface area contributed by atoms with Crippen molar-refractivity contribution < 1.29 is 15.3 Å². The molecule has 1 aromatic carbocycles. The van der Waals surface area contributed by atoms with Gasteiger partial charge in [0.2, 0.25) is 0 Å². The van der Waals surface area contributed by atoms with E-state index in [1.165, 1.54) is 0 Å². The SMILES string of the molecule is Cc1ncc(CO)c(CNc2ccccc2C(C)O)c1O. The van der Waals surface area contributed by atoms with Gasteiger partial charge in [-0.25, -0.2) is 0 Å². The number of nitrogens with one attached hydrogen (secondary N) is 1. The molecule has 1 heterocycles. The number of nitrogens with zero attached hydrogens (tertiary/aromatic N) is 1. The molecule has 0 bridgehead atoms. The van der Waals surface area contributed by atoms with Crippen molar-refractivity contribution in [2.45, 2.75) is 33.1 Å². The van der Waals surface area contributed by atoms with Gasteiger partial charge in [0.15, 0.2) is 0 Å². The number of anilines is 1. The molecule has 0 fully saturated rings. The molecule has 0 spiro atoms. The van der Waals surface area contributed by atoms with Crippen LogP contribution in [0.15, 0.2) is 30.5 Å². The predicted molar refractivity (Wildman–Crippen MR) is 81.0 cm³/mol. The molecule has 0 amide bonds. The molecule has 5 nitrogen and oxygen atoms in total. The minimum Gasteiger partial charge on any atom is -0.506 e. The Hall–Kier alpha value is -2.11. The first kappa shape index (κ1) is 15.3. The van der Waals surface area contributed by atoms with E-state index in [9.17, 15) is 15.3 Å². The summed E-state index contributed by atoms with van der Waals surface area (Å²) in [5, 5.41) is 32.4. The number of hydrogen-bond acceptors (Lipinski definition) is 5. The number of aromatic hydroxyl groups is 1. The number of aryl methyl sites for hydroxylation is 1. The fourth-order valence-corrected chi connectivity index (χ4v) is 2.22. The lowest BCUT2D eigenvalue weighted by Crippen LogP contribution is -2.08. The summed E-state index contributed by atoms with van der Waals surface area (Å²) in [5.41, 5.74) is 3.30. The van der Waals surface area contributed by atoms with Crippen LogP contribution in [-0.4, -0.2) is 20.3 Å². The van der Waals surface area contributed by atoms with Crippen LogP contribution >= 0.6 is 0 Å². The van der Waals surface area contributed by atoms with E-state index in [0.29, 0.717) is 23.4 Å². The highest BCUT2D eigenvalue weighted by molar-refractivity contribution is 5.53. The summed E-state index contributed by atoms with van der Waals surface area (Å²) < 4.78 is 0. The van der Waals surface area contributed by atoms with Crippen molar-refractivity contribution in [3.63, 3.8) is 0 Å². The predicted octanol–water partition coefficient (Wildman–Crippen LogP) is 2.25. The molecule has 2 rings (SSSR count). The molecule has 5 heteroatoms. The van der Waals surface area contributed by atoms with Crippen LogP contribution in [0.25, 0.3) is 0 Å². The lowest BCUT2D eigenvalue weighted by molar-refractivity contribution is 0.200. The smallest absolute Gasteiger partial charge is 0.142 e. The van der Waals surface area contributed by atoms with Crippen LogP contribution in [0.4, 0.5) is 5.69 Å². The Morgan fingerprint density at radius 1 is 1.29 bits per heavy atom. The second-order valence-electron chi connectivity index (χ2n) is 4.97. The molecule has 1 atom stereocenters. The first-order valence-corrected chi connectivity index (χ1v) is 6.82. The number of aliphatic hydroxyl groups excluding tert-OH is 2. The number of para-hydroxylation sites is 1. The Kier molecular flexibility index (Phi) is 4.77. The number of aliphatic hydroxyl groups is 2. The average Bonchev–Trinajstić information content (AvgIpc) is 2.49. The summed E-state index contributed by atoms with van der Waals surface area (Å²) in [6.45, 7) is 3.57. The minimum absolute atomic E-state index is 0.0866. The largest absolute Gasteiger partial charge is 0.506 e.